The van der Waals surface area contributed by atoms with Gasteiger partial charge in [-0.15, -0.1) is 6.42 Å². The Morgan fingerprint density at radius 1 is 1.46 bits per heavy atom. The van der Waals surface area contributed by atoms with Crippen molar-refractivity contribution in [1.29, 1.82) is 0 Å². The molecule has 24 heavy (non-hydrogen) atoms. The highest BCUT2D eigenvalue weighted by molar-refractivity contribution is 5.80. The molecule has 0 radical (unpaired) electrons. The van der Waals surface area contributed by atoms with Gasteiger partial charge in [0.15, 0.2) is 0 Å². The SMILES string of the molecule is C#CC1C[C@@H]2[C@@H](CCC[C@@H]2O)N1C(=O)OCC.Cc1cc2ccc1-2. The molecular weight excluding hydrogens is 302 g/mol. The van der Waals surface area contributed by atoms with Gasteiger partial charge in [-0.1, -0.05) is 24.1 Å². The zero-order chi connectivity index (χ0) is 17.3. The van der Waals surface area contributed by atoms with Crippen molar-refractivity contribution in [2.24, 2.45) is 5.92 Å². The number of aliphatic hydroxyl groups is 1. The standard InChI is InChI=1S/C13H19NO3.C7H6/c1-3-9-8-10-11(6-5-7-12(10)15)14(9)13(16)17-4-2;1-5-4-6-2-3-7(5)6/h1,9-12,15H,4-8H2,2H3;2-4H,1H3/t9?,10-,11-,12+;/m1./s1. The van der Waals surface area contributed by atoms with E-state index >= 15 is 0 Å². The van der Waals surface area contributed by atoms with E-state index in [4.69, 9.17) is 11.2 Å². The Bertz CT molecular complexity index is 663. The number of carbonyl (C=O) groups excluding carboxylic acids is 1. The lowest BCUT2D eigenvalue weighted by molar-refractivity contribution is 0.0351. The average Bonchev–Trinajstić information content (AvgIpc) is 2.93. The van der Waals surface area contributed by atoms with Crippen LogP contribution in [0.4, 0.5) is 4.79 Å². The van der Waals surface area contributed by atoms with Gasteiger partial charge in [0, 0.05) is 12.0 Å². The van der Waals surface area contributed by atoms with Crippen LogP contribution >= 0.6 is 0 Å². The first-order valence-corrected chi connectivity index (χ1v) is 8.77. The van der Waals surface area contributed by atoms with E-state index in [2.05, 4.69) is 31.0 Å². The number of aryl methyl sites for hydroxylation is 1. The number of carbonyl (C=O) groups is 1. The zero-order valence-electron chi connectivity index (χ0n) is 14.4. The van der Waals surface area contributed by atoms with Crippen LogP contribution < -0.4 is 0 Å². The number of ether oxygens (including phenoxy) is 1. The van der Waals surface area contributed by atoms with E-state index in [-0.39, 0.29) is 30.2 Å². The number of terminal acetylenes is 1. The molecule has 1 amide bonds. The van der Waals surface area contributed by atoms with Gasteiger partial charge in [-0.05, 0) is 56.2 Å². The third kappa shape index (κ3) is 2.89. The Balaban J connectivity index is 0.000000198. The summed E-state index contributed by atoms with van der Waals surface area (Å²) < 4.78 is 5.05. The summed E-state index contributed by atoms with van der Waals surface area (Å²) in [6.45, 7) is 4.28. The van der Waals surface area contributed by atoms with E-state index in [0.717, 1.165) is 19.3 Å². The summed E-state index contributed by atoms with van der Waals surface area (Å²) in [7, 11) is 0. The lowest BCUT2D eigenvalue weighted by Crippen LogP contribution is -2.45. The van der Waals surface area contributed by atoms with Crippen LogP contribution in [0.15, 0.2) is 18.2 Å². The first-order valence-electron chi connectivity index (χ1n) is 8.77. The van der Waals surface area contributed by atoms with Gasteiger partial charge in [-0.2, -0.15) is 0 Å². The molecule has 4 rings (SSSR count). The predicted octanol–water partition coefficient (Wildman–Crippen LogP) is 3.36. The first-order chi connectivity index (χ1) is 11.6. The lowest BCUT2D eigenvalue weighted by Gasteiger charge is -2.34. The monoisotopic (exact) mass is 327 g/mol. The molecule has 4 atom stereocenters. The summed E-state index contributed by atoms with van der Waals surface area (Å²) in [4.78, 5) is 13.6. The molecule has 1 heterocycles. The maximum Gasteiger partial charge on any atom is 0.411 e. The minimum atomic E-state index is -0.336. The normalized spacial score (nSPS) is 29.0. The van der Waals surface area contributed by atoms with Gasteiger partial charge in [0.05, 0.1) is 18.8 Å². The van der Waals surface area contributed by atoms with Gasteiger partial charge in [0.1, 0.15) is 0 Å². The Kier molecular flexibility index (Phi) is 4.82. The molecule has 4 aliphatic rings. The molecule has 0 spiro atoms. The largest absolute Gasteiger partial charge is 0.450 e. The highest BCUT2D eigenvalue weighted by Gasteiger charge is 2.47. The molecular formula is C20H25NO3. The molecule has 0 aromatic heterocycles. The second kappa shape index (κ2) is 6.86. The fraction of sp³-hybridized carbons (Fsp3) is 0.550. The quantitative estimate of drug-likeness (QED) is 0.817. The van der Waals surface area contributed by atoms with Crippen molar-refractivity contribution in [3.8, 4) is 23.5 Å². The van der Waals surface area contributed by atoms with Crippen LogP contribution in [0.3, 0.4) is 0 Å². The number of fused-ring (bicyclic) bond motifs is 2. The number of likely N-dealkylation sites (tertiary alicyclic amines) is 1. The van der Waals surface area contributed by atoms with Crippen molar-refractivity contribution in [2.45, 2.75) is 57.7 Å². The van der Waals surface area contributed by atoms with Crippen molar-refractivity contribution < 1.29 is 14.6 Å². The van der Waals surface area contributed by atoms with Crippen molar-refractivity contribution in [2.75, 3.05) is 6.61 Å². The Labute approximate surface area is 143 Å². The third-order valence-electron chi connectivity index (χ3n) is 5.39. The van der Waals surface area contributed by atoms with Crippen LogP contribution in [-0.4, -0.2) is 40.9 Å². The maximum atomic E-state index is 11.9. The van der Waals surface area contributed by atoms with E-state index in [9.17, 15) is 9.90 Å². The Morgan fingerprint density at radius 2 is 2.25 bits per heavy atom. The highest BCUT2D eigenvalue weighted by Crippen LogP contribution is 2.40. The molecule has 0 aromatic rings. The fourth-order valence-electron chi connectivity index (χ4n) is 4.07. The van der Waals surface area contributed by atoms with Gasteiger partial charge in [0.25, 0.3) is 0 Å². The van der Waals surface area contributed by atoms with Crippen LogP contribution in [0, 0.1) is 25.2 Å². The molecule has 0 bridgehead atoms. The Hall–Kier alpha value is -1.99. The molecule has 1 saturated heterocycles. The maximum absolute atomic E-state index is 11.9. The summed E-state index contributed by atoms with van der Waals surface area (Å²) >= 11 is 0. The summed E-state index contributed by atoms with van der Waals surface area (Å²) in [5.74, 6) is 2.76. The smallest absolute Gasteiger partial charge is 0.411 e. The Morgan fingerprint density at radius 3 is 2.71 bits per heavy atom. The van der Waals surface area contributed by atoms with Crippen molar-refractivity contribution in [1.82, 2.24) is 4.90 Å². The summed E-state index contributed by atoms with van der Waals surface area (Å²) in [5.41, 5.74) is 4.36. The average molecular weight is 327 g/mol. The van der Waals surface area contributed by atoms with Crippen LogP contribution in [0.2, 0.25) is 0 Å². The number of aliphatic hydroxyl groups excluding tert-OH is 1. The molecule has 128 valence electrons. The van der Waals surface area contributed by atoms with Gasteiger partial charge in [-0.25, -0.2) is 4.79 Å². The topological polar surface area (TPSA) is 49.8 Å². The fourth-order valence-corrected chi connectivity index (χ4v) is 4.07. The molecule has 0 aromatic carbocycles. The minimum Gasteiger partial charge on any atom is -0.450 e. The van der Waals surface area contributed by atoms with Gasteiger partial charge >= 0.3 is 6.09 Å². The molecule has 1 saturated carbocycles. The van der Waals surface area contributed by atoms with Crippen molar-refractivity contribution in [3.63, 3.8) is 0 Å². The molecule has 1 unspecified atom stereocenters. The van der Waals surface area contributed by atoms with Crippen LogP contribution in [0.5, 0.6) is 0 Å². The molecule has 4 nitrogen and oxygen atoms in total. The predicted molar refractivity (Wildman–Crippen MR) is 93.4 cm³/mol. The first kappa shape index (κ1) is 16.9. The zero-order valence-corrected chi connectivity index (χ0v) is 14.4. The molecule has 3 aliphatic carbocycles. The van der Waals surface area contributed by atoms with Crippen molar-refractivity contribution in [3.05, 3.63) is 23.8 Å². The number of hydrogen-bond acceptors (Lipinski definition) is 3. The second-order valence-electron chi connectivity index (χ2n) is 6.78. The van der Waals surface area contributed by atoms with Gasteiger partial charge < -0.3 is 9.84 Å². The summed E-state index contributed by atoms with van der Waals surface area (Å²) in [6.07, 6.45) is 8.18. The molecule has 2 fully saturated rings. The number of amides is 1. The molecule has 1 N–H and O–H groups in total. The lowest BCUT2D eigenvalue weighted by atomic mass is 9.82. The van der Waals surface area contributed by atoms with Crippen LogP contribution in [0.25, 0.3) is 11.1 Å². The number of rotatable bonds is 1. The highest BCUT2D eigenvalue weighted by atomic mass is 16.6. The second-order valence-corrected chi connectivity index (χ2v) is 6.78. The number of hydrogen-bond donors (Lipinski definition) is 1. The van der Waals surface area contributed by atoms with E-state index in [1.54, 1.807) is 11.8 Å². The number of nitrogens with zero attached hydrogens (tertiary/aromatic N) is 1. The van der Waals surface area contributed by atoms with E-state index < -0.39 is 0 Å². The number of benzene rings is 1. The van der Waals surface area contributed by atoms with Gasteiger partial charge in [0.2, 0.25) is 0 Å². The molecule has 4 heteroatoms. The van der Waals surface area contributed by atoms with E-state index in [0.29, 0.717) is 13.0 Å². The van der Waals surface area contributed by atoms with Crippen LogP contribution in [-0.2, 0) is 4.74 Å². The summed E-state index contributed by atoms with van der Waals surface area (Å²) in [6, 6.07) is 6.33. The van der Waals surface area contributed by atoms with E-state index in [1.807, 2.05) is 0 Å². The summed E-state index contributed by atoms with van der Waals surface area (Å²) in [5, 5.41) is 9.97. The van der Waals surface area contributed by atoms with Gasteiger partial charge in [-0.3, -0.25) is 4.90 Å². The van der Waals surface area contributed by atoms with Crippen molar-refractivity contribution >= 4 is 6.09 Å². The van der Waals surface area contributed by atoms with E-state index in [1.165, 1.54) is 16.7 Å². The minimum absolute atomic E-state index is 0.0545. The third-order valence-corrected chi connectivity index (χ3v) is 5.39. The van der Waals surface area contributed by atoms with Crippen LogP contribution in [0.1, 0.15) is 38.2 Å². The molecule has 1 aliphatic heterocycles.